The van der Waals surface area contributed by atoms with Crippen molar-refractivity contribution in [2.45, 2.75) is 27.2 Å². The molecule has 0 unspecified atom stereocenters. The highest BCUT2D eigenvalue weighted by Gasteiger charge is 2.05. The third-order valence-corrected chi connectivity index (χ3v) is 3.11. The number of rotatable bonds is 3. The molecule has 2 rings (SSSR count). The van der Waals surface area contributed by atoms with Crippen LogP contribution in [0.1, 0.15) is 22.3 Å². The molecule has 1 amide bonds. The lowest BCUT2D eigenvalue weighted by Crippen LogP contribution is -2.15. The molecule has 3 nitrogen and oxygen atoms in total. The van der Waals surface area contributed by atoms with E-state index < -0.39 is 0 Å². The summed E-state index contributed by atoms with van der Waals surface area (Å²) in [6, 6.07) is 9.83. The van der Waals surface area contributed by atoms with E-state index in [1.54, 1.807) is 6.20 Å². The minimum Gasteiger partial charge on any atom is -0.310 e. The Morgan fingerprint density at radius 3 is 2.53 bits per heavy atom. The number of aromatic nitrogens is 1. The molecular formula is C16H18N2O. The first-order valence-electron chi connectivity index (χ1n) is 6.33. The van der Waals surface area contributed by atoms with E-state index in [2.05, 4.69) is 30.2 Å². The van der Waals surface area contributed by atoms with Crippen molar-refractivity contribution >= 4 is 11.7 Å². The maximum atomic E-state index is 11.9. The van der Waals surface area contributed by atoms with Gasteiger partial charge < -0.3 is 5.32 Å². The lowest BCUT2D eigenvalue weighted by Gasteiger charge is -2.06. The Balaban J connectivity index is 2.01. The zero-order valence-corrected chi connectivity index (χ0v) is 11.5. The lowest BCUT2D eigenvalue weighted by molar-refractivity contribution is -0.115. The zero-order chi connectivity index (χ0) is 13.8. The van der Waals surface area contributed by atoms with Gasteiger partial charge in [0, 0.05) is 6.20 Å². The van der Waals surface area contributed by atoms with Gasteiger partial charge in [-0.1, -0.05) is 24.3 Å². The maximum Gasteiger partial charge on any atom is 0.229 e. The van der Waals surface area contributed by atoms with Crippen molar-refractivity contribution in [3.05, 3.63) is 58.8 Å². The van der Waals surface area contributed by atoms with Crippen LogP contribution < -0.4 is 5.32 Å². The average molecular weight is 254 g/mol. The monoisotopic (exact) mass is 254 g/mol. The molecule has 3 heteroatoms. The summed E-state index contributed by atoms with van der Waals surface area (Å²) >= 11 is 0. The fourth-order valence-corrected chi connectivity index (χ4v) is 1.83. The number of pyridine rings is 1. The van der Waals surface area contributed by atoms with E-state index in [1.165, 1.54) is 11.1 Å². The van der Waals surface area contributed by atoms with Gasteiger partial charge in [-0.25, -0.2) is 4.98 Å². The van der Waals surface area contributed by atoms with E-state index in [-0.39, 0.29) is 5.91 Å². The van der Waals surface area contributed by atoms with E-state index in [0.29, 0.717) is 12.2 Å². The number of nitrogens with zero attached hydrogens (tertiary/aromatic N) is 1. The Hall–Kier alpha value is -2.16. The number of anilines is 1. The summed E-state index contributed by atoms with van der Waals surface area (Å²) in [5, 5.41) is 2.80. The van der Waals surface area contributed by atoms with Crippen molar-refractivity contribution < 1.29 is 4.79 Å². The number of hydrogen-bond acceptors (Lipinski definition) is 2. The van der Waals surface area contributed by atoms with Gasteiger partial charge in [-0.2, -0.15) is 0 Å². The second-order valence-corrected chi connectivity index (χ2v) is 4.86. The largest absolute Gasteiger partial charge is 0.310 e. The van der Waals surface area contributed by atoms with Gasteiger partial charge in [0.15, 0.2) is 0 Å². The summed E-state index contributed by atoms with van der Waals surface area (Å²) in [6.45, 7) is 6.08. The Morgan fingerprint density at radius 2 is 1.89 bits per heavy atom. The van der Waals surface area contributed by atoms with Gasteiger partial charge in [0.25, 0.3) is 0 Å². The topological polar surface area (TPSA) is 42.0 Å². The van der Waals surface area contributed by atoms with E-state index in [4.69, 9.17) is 0 Å². The number of carbonyl (C=O) groups excluding carboxylic acids is 1. The summed E-state index contributed by atoms with van der Waals surface area (Å²) in [5.74, 6) is 0.555. The van der Waals surface area contributed by atoms with E-state index >= 15 is 0 Å². The van der Waals surface area contributed by atoms with Gasteiger partial charge >= 0.3 is 0 Å². The van der Waals surface area contributed by atoms with Crippen LogP contribution in [0.25, 0.3) is 0 Å². The molecule has 0 saturated heterocycles. The number of hydrogen-bond donors (Lipinski definition) is 1. The van der Waals surface area contributed by atoms with Crippen LogP contribution in [0.5, 0.6) is 0 Å². The van der Waals surface area contributed by atoms with Gasteiger partial charge in [-0.05, 0) is 49.1 Å². The second-order valence-electron chi connectivity index (χ2n) is 4.86. The Labute approximate surface area is 113 Å². The minimum absolute atomic E-state index is 0.0420. The number of benzene rings is 1. The Morgan fingerprint density at radius 1 is 1.11 bits per heavy atom. The molecule has 19 heavy (non-hydrogen) atoms. The molecule has 0 atom stereocenters. The first-order valence-corrected chi connectivity index (χ1v) is 6.33. The predicted octanol–water partition coefficient (Wildman–Crippen LogP) is 3.19. The van der Waals surface area contributed by atoms with Crippen molar-refractivity contribution in [3.8, 4) is 0 Å². The van der Waals surface area contributed by atoms with E-state index in [1.807, 2.05) is 31.2 Å². The van der Waals surface area contributed by atoms with E-state index in [0.717, 1.165) is 11.1 Å². The summed E-state index contributed by atoms with van der Waals surface area (Å²) in [7, 11) is 0. The molecule has 0 aliphatic heterocycles. The Bertz CT molecular complexity index is 588. The van der Waals surface area contributed by atoms with Gasteiger partial charge in [0.1, 0.15) is 5.82 Å². The average Bonchev–Trinajstić information content (AvgIpc) is 2.37. The van der Waals surface area contributed by atoms with Gasteiger partial charge in [-0.15, -0.1) is 0 Å². The molecule has 1 aromatic carbocycles. The van der Waals surface area contributed by atoms with Crippen LogP contribution >= 0.6 is 0 Å². The normalized spacial score (nSPS) is 10.3. The van der Waals surface area contributed by atoms with Crippen molar-refractivity contribution in [3.63, 3.8) is 0 Å². The van der Waals surface area contributed by atoms with Crippen LogP contribution in [0.4, 0.5) is 5.82 Å². The van der Waals surface area contributed by atoms with Crippen molar-refractivity contribution in [1.82, 2.24) is 4.98 Å². The van der Waals surface area contributed by atoms with Crippen molar-refractivity contribution in [2.75, 3.05) is 5.32 Å². The highest BCUT2D eigenvalue weighted by atomic mass is 16.1. The van der Waals surface area contributed by atoms with E-state index in [9.17, 15) is 4.79 Å². The number of nitrogens with one attached hydrogen (secondary N) is 1. The molecule has 1 heterocycles. The molecule has 0 fully saturated rings. The van der Waals surface area contributed by atoms with Crippen LogP contribution in [0.15, 0.2) is 36.5 Å². The van der Waals surface area contributed by atoms with Crippen molar-refractivity contribution in [1.29, 1.82) is 0 Å². The Kier molecular flexibility index (Phi) is 3.95. The quantitative estimate of drug-likeness (QED) is 0.914. The fourth-order valence-electron chi connectivity index (χ4n) is 1.83. The smallest absolute Gasteiger partial charge is 0.229 e. The first-order chi connectivity index (χ1) is 9.04. The molecule has 0 saturated carbocycles. The van der Waals surface area contributed by atoms with Gasteiger partial charge in [-0.3, -0.25) is 4.79 Å². The fraction of sp³-hybridized carbons (Fsp3) is 0.250. The van der Waals surface area contributed by atoms with Crippen LogP contribution in [-0.2, 0) is 11.2 Å². The lowest BCUT2D eigenvalue weighted by atomic mass is 10.0. The molecule has 0 radical (unpaired) electrons. The predicted molar refractivity (Wildman–Crippen MR) is 77.2 cm³/mol. The number of carbonyl (C=O) groups is 1. The highest BCUT2D eigenvalue weighted by Crippen LogP contribution is 2.11. The summed E-state index contributed by atoms with van der Waals surface area (Å²) < 4.78 is 0. The van der Waals surface area contributed by atoms with Crippen LogP contribution in [-0.4, -0.2) is 10.9 Å². The molecule has 98 valence electrons. The summed E-state index contributed by atoms with van der Waals surface area (Å²) in [5.41, 5.74) is 4.54. The maximum absolute atomic E-state index is 11.9. The molecule has 1 N–H and O–H groups in total. The van der Waals surface area contributed by atoms with Crippen LogP contribution in [0.3, 0.4) is 0 Å². The molecule has 1 aromatic heterocycles. The SMILES string of the molecule is Cc1ccc(NC(=O)Cc2ccc(C)c(C)c2)nc1. The first kappa shape index (κ1) is 13.3. The molecule has 0 bridgehead atoms. The number of aryl methyl sites for hydroxylation is 3. The summed E-state index contributed by atoms with van der Waals surface area (Å²) in [6.07, 6.45) is 2.11. The molecule has 0 spiro atoms. The third-order valence-electron chi connectivity index (χ3n) is 3.11. The molecule has 2 aromatic rings. The molecule has 0 aliphatic carbocycles. The molecule has 0 aliphatic rings. The zero-order valence-electron chi connectivity index (χ0n) is 11.5. The van der Waals surface area contributed by atoms with Crippen molar-refractivity contribution in [2.24, 2.45) is 0 Å². The highest BCUT2D eigenvalue weighted by molar-refractivity contribution is 5.91. The van der Waals surface area contributed by atoms with Crippen LogP contribution in [0.2, 0.25) is 0 Å². The second kappa shape index (κ2) is 5.65. The minimum atomic E-state index is -0.0420. The molecular weight excluding hydrogens is 236 g/mol. The standard InChI is InChI=1S/C16H18N2O/c1-11-4-7-15(17-10-11)18-16(19)9-14-6-5-12(2)13(3)8-14/h4-8,10H,9H2,1-3H3,(H,17,18,19). The van der Waals surface area contributed by atoms with Gasteiger partial charge in [0.2, 0.25) is 5.91 Å². The summed E-state index contributed by atoms with van der Waals surface area (Å²) in [4.78, 5) is 16.1. The van der Waals surface area contributed by atoms with Crippen LogP contribution in [0, 0.1) is 20.8 Å². The van der Waals surface area contributed by atoms with Gasteiger partial charge in [0.05, 0.1) is 6.42 Å². The third kappa shape index (κ3) is 3.65. The number of amides is 1.